The number of hydrogen-bond acceptors (Lipinski definition) is 6. The third-order valence-electron chi connectivity index (χ3n) is 3.79. The number of rotatable bonds is 4. The van der Waals surface area contributed by atoms with Crippen LogP contribution in [0, 0.1) is 0 Å². The molecule has 2 N–H and O–H groups in total. The van der Waals surface area contributed by atoms with Crippen LogP contribution >= 0.6 is 34.3 Å². The first-order valence-corrected chi connectivity index (χ1v) is 9.87. The molecule has 0 saturated carbocycles. The van der Waals surface area contributed by atoms with Gasteiger partial charge in [0.2, 0.25) is 0 Å². The van der Waals surface area contributed by atoms with Crippen molar-refractivity contribution in [2.45, 2.75) is 0 Å². The lowest BCUT2D eigenvalue weighted by molar-refractivity contribution is 0.0959. The van der Waals surface area contributed by atoms with Crippen molar-refractivity contribution in [3.8, 4) is 10.4 Å². The van der Waals surface area contributed by atoms with Crippen molar-refractivity contribution in [3.05, 3.63) is 57.9 Å². The molecule has 0 aliphatic carbocycles. The summed E-state index contributed by atoms with van der Waals surface area (Å²) >= 11 is 9.22. The second-order valence-electron chi connectivity index (χ2n) is 5.48. The minimum Gasteiger partial charge on any atom is -0.354 e. The maximum atomic E-state index is 12.2. The monoisotopic (exact) mass is 400 g/mol. The molecule has 0 atom stereocenters. The van der Waals surface area contributed by atoms with Crippen LogP contribution in [-0.2, 0) is 0 Å². The molecule has 26 heavy (non-hydrogen) atoms. The SMILES string of the molecule is CNC(=O)c1nnc(Nc2ccsc2)c2cc(-c3cccc(Cl)c3)sc12. The van der Waals surface area contributed by atoms with Gasteiger partial charge in [-0.15, -0.1) is 21.5 Å². The first-order chi connectivity index (χ1) is 12.7. The molecule has 3 aromatic heterocycles. The number of halogens is 1. The number of hydrogen-bond donors (Lipinski definition) is 2. The summed E-state index contributed by atoms with van der Waals surface area (Å²) in [4.78, 5) is 13.2. The highest BCUT2D eigenvalue weighted by molar-refractivity contribution is 7.22. The summed E-state index contributed by atoms with van der Waals surface area (Å²) in [5, 5.41) is 19.8. The normalized spacial score (nSPS) is 10.8. The number of fused-ring (bicyclic) bond motifs is 1. The first-order valence-electron chi connectivity index (χ1n) is 7.73. The van der Waals surface area contributed by atoms with E-state index >= 15 is 0 Å². The van der Waals surface area contributed by atoms with Crippen molar-refractivity contribution >= 4 is 61.8 Å². The highest BCUT2D eigenvalue weighted by atomic mass is 35.5. The fourth-order valence-electron chi connectivity index (χ4n) is 2.56. The van der Waals surface area contributed by atoms with Crippen LogP contribution in [-0.4, -0.2) is 23.2 Å². The van der Waals surface area contributed by atoms with Crippen LogP contribution in [0.4, 0.5) is 11.5 Å². The summed E-state index contributed by atoms with van der Waals surface area (Å²) in [6, 6.07) is 11.6. The van der Waals surface area contributed by atoms with Crippen molar-refractivity contribution in [1.29, 1.82) is 0 Å². The van der Waals surface area contributed by atoms with Gasteiger partial charge in [0.15, 0.2) is 11.5 Å². The van der Waals surface area contributed by atoms with Crippen LogP contribution in [0.1, 0.15) is 10.5 Å². The molecule has 0 unspecified atom stereocenters. The van der Waals surface area contributed by atoms with Gasteiger partial charge in [-0.25, -0.2) is 0 Å². The Hall–Kier alpha value is -2.48. The van der Waals surface area contributed by atoms with Crippen LogP contribution in [0.5, 0.6) is 0 Å². The number of carbonyl (C=O) groups is 1. The summed E-state index contributed by atoms with van der Waals surface area (Å²) in [6.07, 6.45) is 0. The average Bonchev–Trinajstić information content (AvgIpc) is 3.31. The minimum atomic E-state index is -0.260. The predicted molar refractivity (Wildman–Crippen MR) is 109 cm³/mol. The lowest BCUT2D eigenvalue weighted by atomic mass is 10.1. The molecule has 1 amide bonds. The molecule has 0 radical (unpaired) electrons. The molecule has 8 heteroatoms. The highest BCUT2D eigenvalue weighted by Crippen LogP contribution is 2.38. The van der Waals surface area contributed by atoms with Gasteiger partial charge in [0.1, 0.15) is 0 Å². The van der Waals surface area contributed by atoms with Crippen LogP contribution in [0.2, 0.25) is 5.02 Å². The van der Waals surface area contributed by atoms with E-state index < -0.39 is 0 Å². The van der Waals surface area contributed by atoms with Crippen molar-refractivity contribution < 1.29 is 4.79 Å². The van der Waals surface area contributed by atoms with Gasteiger partial charge < -0.3 is 10.6 Å². The third kappa shape index (κ3) is 3.16. The number of thiophene rings is 2. The Balaban J connectivity index is 1.89. The maximum absolute atomic E-state index is 12.2. The molecule has 0 aliphatic heterocycles. The molecule has 0 bridgehead atoms. The zero-order valence-electron chi connectivity index (χ0n) is 13.6. The lowest BCUT2D eigenvalue weighted by Gasteiger charge is -2.06. The second kappa shape index (κ2) is 7.03. The van der Waals surface area contributed by atoms with Crippen LogP contribution in [0.25, 0.3) is 20.5 Å². The maximum Gasteiger partial charge on any atom is 0.273 e. The number of aromatic nitrogens is 2. The Morgan fingerprint density at radius 3 is 2.81 bits per heavy atom. The Morgan fingerprint density at radius 1 is 1.19 bits per heavy atom. The summed E-state index contributed by atoms with van der Waals surface area (Å²) in [5.74, 6) is 0.361. The molecule has 0 spiro atoms. The molecule has 0 fully saturated rings. The minimum absolute atomic E-state index is 0.260. The second-order valence-corrected chi connectivity index (χ2v) is 7.75. The van der Waals surface area contributed by atoms with E-state index in [1.54, 1.807) is 18.4 Å². The Bertz CT molecular complexity index is 1090. The number of amides is 1. The topological polar surface area (TPSA) is 66.9 Å². The number of nitrogens with zero attached hydrogens (tertiary/aromatic N) is 2. The fraction of sp³-hybridized carbons (Fsp3) is 0.0556. The van der Waals surface area contributed by atoms with Crippen molar-refractivity contribution in [2.24, 2.45) is 0 Å². The van der Waals surface area contributed by atoms with E-state index in [-0.39, 0.29) is 5.91 Å². The first kappa shape index (κ1) is 17.0. The zero-order chi connectivity index (χ0) is 18.1. The summed E-state index contributed by atoms with van der Waals surface area (Å²) < 4.78 is 0.784. The van der Waals surface area contributed by atoms with Gasteiger partial charge in [-0.1, -0.05) is 23.7 Å². The van der Waals surface area contributed by atoms with Crippen molar-refractivity contribution in [3.63, 3.8) is 0 Å². The van der Waals surface area contributed by atoms with E-state index in [9.17, 15) is 4.79 Å². The van der Waals surface area contributed by atoms with Gasteiger partial charge in [-0.3, -0.25) is 4.79 Å². The van der Waals surface area contributed by atoms with Crippen molar-refractivity contribution in [2.75, 3.05) is 12.4 Å². The molecule has 0 saturated heterocycles. The average molecular weight is 401 g/mol. The van der Waals surface area contributed by atoms with E-state index in [2.05, 4.69) is 20.8 Å². The Kier molecular flexibility index (Phi) is 4.58. The van der Waals surface area contributed by atoms with Crippen LogP contribution in [0.3, 0.4) is 0 Å². The van der Waals surface area contributed by atoms with Gasteiger partial charge in [-0.05, 0) is 35.2 Å². The van der Waals surface area contributed by atoms with Crippen LogP contribution < -0.4 is 10.6 Å². The fourth-order valence-corrected chi connectivity index (χ4v) is 4.47. The summed E-state index contributed by atoms with van der Waals surface area (Å²) in [6.45, 7) is 0. The van der Waals surface area contributed by atoms with Gasteiger partial charge in [0, 0.05) is 27.7 Å². The Labute approximate surface area is 162 Å². The zero-order valence-corrected chi connectivity index (χ0v) is 16.0. The number of benzene rings is 1. The van der Waals surface area contributed by atoms with Gasteiger partial charge in [0.25, 0.3) is 5.91 Å². The third-order valence-corrected chi connectivity index (χ3v) is 5.90. The van der Waals surface area contributed by atoms with E-state index in [1.807, 2.05) is 47.2 Å². The summed E-state index contributed by atoms with van der Waals surface area (Å²) in [7, 11) is 1.58. The molecule has 1 aromatic carbocycles. The van der Waals surface area contributed by atoms with Gasteiger partial charge in [0.05, 0.1) is 10.4 Å². The molecule has 4 rings (SSSR count). The van der Waals surface area contributed by atoms with Crippen LogP contribution in [0.15, 0.2) is 47.2 Å². The van der Waals surface area contributed by atoms with Gasteiger partial charge >= 0.3 is 0 Å². The molecule has 0 aliphatic rings. The quantitative estimate of drug-likeness (QED) is 0.495. The molecular formula is C18H13ClN4OS2. The molecular weight excluding hydrogens is 388 g/mol. The molecule has 130 valence electrons. The van der Waals surface area contributed by atoms with E-state index in [4.69, 9.17) is 11.6 Å². The smallest absolute Gasteiger partial charge is 0.273 e. The van der Waals surface area contributed by atoms with E-state index in [1.165, 1.54) is 11.3 Å². The molecule has 5 nitrogen and oxygen atoms in total. The van der Waals surface area contributed by atoms with E-state index in [0.717, 1.165) is 26.2 Å². The lowest BCUT2D eigenvalue weighted by Crippen LogP contribution is -2.20. The number of nitrogens with one attached hydrogen (secondary N) is 2. The predicted octanol–water partition coefficient (Wildman–Crippen LogP) is 5.18. The number of anilines is 2. The molecule has 3 heterocycles. The van der Waals surface area contributed by atoms with E-state index in [0.29, 0.717) is 16.5 Å². The Morgan fingerprint density at radius 2 is 2.08 bits per heavy atom. The molecule has 4 aromatic rings. The highest BCUT2D eigenvalue weighted by Gasteiger charge is 2.19. The standard InChI is InChI=1S/C18H13ClN4OS2/c1-20-18(24)15-16-13(17(23-22-15)21-12-5-6-25-9-12)8-14(26-16)10-3-2-4-11(19)7-10/h2-9H,1H3,(H,20,24)(H,21,23). The largest absolute Gasteiger partial charge is 0.354 e. The summed E-state index contributed by atoms with van der Waals surface area (Å²) in [5.41, 5.74) is 2.24. The van der Waals surface area contributed by atoms with Crippen molar-refractivity contribution in [1.82, 2.24) is 15.5 Å². The van der Waals surface area contributed by atoms with Gasteiger partial charge in [-0.2, -0.15) is 11.3 Å². The number of carbonyl (C=O) groups excluding carboxylic acids is 1.